The van der Waals surface area contributed by atoms with Gasteiger partial charge < -0.3 is 5.11 Å². The predicted octanol–water partition coefficient (Wildman–Crippen LogP) is 0.859. The third-order valence-corrected chi connectivity index (χ3v) is 3.37. The number of hydrogen-bond acceptors (Lipinski definition) is 3. The lowest BCUT2D eigenvalue weighted by Gasteiger charge is -2.09. The maximum Gasteiger partial charge on any atom is 0.335 e. The van der Waals surface area contributed by atoms with Gasteiger partial charge in [-0.1, -0.05) is 6.07 Å². The fraction of sp³-hybridized carbons (Fsp3) is 0.231. The number of nitrogens with one attached hydrogen (secondary N) is 1. The first kappa shape index (κ1) is 11.7. The minimum atomic E-state index is -1.36. The Balaban J connectivity index is 2.26. The van der Waals surface area contributed by atoms with Crippen molar-refractivity contribution >= 4 is 0 Å². The summed E-state index contributed by atoms with van der Waals surface area (Å²) >= 11 is 0. The SMILES string of the molecule is O=c1[nH]c(=O)n(-c2ccc3c(c2)CCC3)c(O)c1F. The average molecular weight is 262 g/mol. The van der Waals surface area contributed by atoms with Crippen LogP contribution in [0.4, 0.5) is 4.39 Å². The van der Waals surface area contributed by atoms with Crippen LogP contribution in [-0.2, 0) is 12.8 Å². The van der Waals surface area contributed by atoms with Gasteiger partial charge in [-0.2, -0.15) is 4.39 Å². The zero-order chi connectivity index (χ0) is 13.6. The zero-order valence-electron chi connectivity index (χ0n) is 9.94. The summed E-state index contributed by atoms with van der Waals surface area (Å²) in [5.41, 5.74) is 0.539. The molecule has 19 heavy (non-hydrogen) atoms. The number of aromatic amines is 1. The third kappa shape index (κ3) is 1.76. The number of H-pyrrole nitrogens is 1. The van der Waals surface area contributed by atoms with Gasteiger partial charge in [0, 0.05) is 0 Å². The fourth-order valence-corrected chi connectivity index (χ4v) is 2.44. The van der Waals surface area contributed by atoms with Crippen LogP contribution in [0.2, 0.25) is 0 Å². The highest BCUT2D eigenvalue weighted by molar-refractivity contribution is 5.44. The van der Waals surface area contributed by atoms with Gasteiger partial charge in [0.25, 0.3) is 5.56 Å². The van der Waals surface area contributed by atoms with Gasteiger partial charge in [0.15, 0.2) is 0 Å². The van der Waals surface area contributed by atoms with E-state index in [1.54, 1.807) is 12.1 Å². The highest BCUT2D eigenvalue weighted by Gasteiger charge is 2.17. The predicted molar refractivity (Wildman–Crippen MR) is 66.3 cm³/mol. The van der Waals surface area contributed by atoms with Gasteiger partial charge in [-0.15, -0.1) is 0 Å². The standard InChI is InChI=1S/C13H11FN2O3/c14-10-11(17)15-13(19)16(12(10)18)9-5-4-7-2-1-3-8(7)6-9/h4-6,18H,1-3H2,(H,15,17,19). The Labute approximate surface area is 107 Å². The third-order valence-electron chi connectivity index (χ3n) is 3.37. The first-order valence-electron chi connectivity index (χ1n) is 5.94. The van der Waals surface area contributed by atoms with E-state index >= 15 is 0 Å². The second kappa shape index (κ2) is 4.08. The number of aromatic hydroxyl groups is 1. The summed E-state index contributed by atoms with van der Waals surface area (Å²) in [5.74, 6) is -2.33. The van der Waals surface area contributed by atoms with Crippen molar-refractivity contribution in [3.8, 4) is 11.6 Å². The number of nitrogens with zero attached hydrogens (tertiary/aromatic N) is 1. The Morgan fingerprint density at radius 1 is 1.21 bits per heavy atom. The number of rotatable bonds is 1. The Kier molecular flexibility index (Phi) is 2.51. The molecule has 0 saturated carbocycles. The van der Waals surface area contributed by atoms with E-state index in [2.05, 4.69) is 0 Å². The molecule has 0 atom stereocenters. The van der Waals surface area contributed by atoms with E-state index in [-0.39, 0.29) is 0 Å². The van der Waals surface area contributed by atoms with Crippen molar-refractivity contribution in [1.82, 2.24) is 9.55 Å². The van der Waals surface area contributed by atoms with Crippen LogP contribution in [0.25, 0.3) is 5.69 Å². The maximum atomic E-state index is 13.4. The van der Waals surface area contributed by atoms with Gasteiger partial charge in [0.2, 0.25) is 11.7 Å². The molecule has 0 unspecified atom stereocenters. The minimum Gasteiger partial charge on any atom is -0.492 e. The minimum absolute atomic E-state index is 0.346. The normalized spacial score (nSPS) is 13.5. The molecule has 6 heteroatoms. The second-order valence-corrected chi connectivity index (χ2v) is 4.54. The van der Waals surface area contributed by atoms with Gasteiger partial charge in [0.1, 0.15) is 0 Å². The summed E-state index contributed by atoms with van der Waals surface area (Å²) in [7, 11) is 0. The van der Waals surface area contributed by atoms with Gasteiger partial charge in [-0.05, 0) is 42.5 Å². The van der Waals surface area contributed by atoms with Crippen LogP contribution in [0.3, 0.4) is 0 Å². The number of aromatic nitrogens is 2. The quantitative estimate of drug-likeness (QED) is 0.800. The summed E-state index contributed by atoms with van der Waals surface area (Å²) in [4.78, 5) is 24.6. The molecular formula is C13H11FN2O3. The first-order chi connectivity index (χ1) is 9.08. The Bertz CT molecular complexity index is 776. The van der Waals surface area contributed by atoms with Crippen LogP contribution >= 0.6 is 0 Å². The van der Waals surface area contributed by atoms with Crippen LogP contribution in [0.5, 0.6) is 5.88 Å². The van der Waals surface area contributed by atoms with Crippen molar-refractivity contribution < 1.29 is 9.50 Å². The average Bonchev–Trinajstić information content (AvgIpc) is 2.83. The summed E-state index contributed by atoms with van der Waals surface area (Å²) in [6.07, 6.45) is 2.92. The highest BCUT2D eigenvalue weighted by atomic mass is 19.1. The molecule has 2 N–H and O–H groups in total. The van der Waals surface area contributed by atoms with E-state index in [0.29, 0.717) is 5.69 Å². The second-order valence-electron chi connectivity index (χ2n) is 4.54. The molecule has 2 aromatic rings. The van der Waals surface area contributed by atoms with Crippen molar-refractivity contribution in [2.45, 2.75) is 19.3 Å². The molecule has 0 aliphatic heterocycles. The fourth-order valence-electron chi connectivity index (χ4n) is 2.44. The summed E-state index contributed by atoms with van der Waals surface area (Å²) < 4.78 is 14.1. The largest absolute Gasteiger partial charge is 0.492 e. The molecule has 0 bridgehead atoms. The number of benzene rings is 1. The Hall–Kier alpha value is -2.37. The number of halogens is 1. The maximum absolute atomic E-state index is 13.4. The first-order valence-corrected chi connectivity index (χ1v) is 5.94. The van der Waals surface area contributed by atoms with E-state index in [1.807, 2.05) is 11.1 Å². The number of fused-ring (bicyclic) bond motifs is 1. The molecule has 1 aliphatic carbocycles. The van der Waals surface area contributed by atoms with E-state index in [4.69, 9.17) is 0 Å². The van der Waals surface area contributed by atoms with Crippen LogP contribution in [0.15, 0.2) is 27.8 Å². The molecule has 0 saturated heterocycles. The lowest BCUT2D eigenvalue weighted by atomic mass is 10.1. The summed E-state index contributed by atoms with van der Waals surface area (Å²) in [5, 5.41) is 9.63. The molecule has 1 aromatic carbocycles. The van der Waals surface area contributed by atoms with E-state index in [9.17, 15) is 19.1 Å². The van der Waals surface area contributed by atoms with Gasteiger partial charge in [-0.25, -0.2) is 9.36 Å². The van der Waals surface area contributed by atoms with Crippen molar-refractivity contribution in [3.63, 3.8) is 0 Å². The monoisotopic (exact) mass is 262 g/mol. The molecule has 0 radical (unpaired) electrons. The van der Waals surface area contributed by atoms with Crippen LogP contribution in [0.1, 0.15) is 17.5 Å². The molecule has 3 rings (SSSR count). The number of hydrogen-bond donors (Lipinski definition) is 2. The van der Waals surface area contributed by atoms with Crippen LogP contribution in [0, 0.1) is 5.82 Å². The molecule has 1 heterocycles. The molecule has 0 amide bonds. The highest BCUT2D eigenvalue weighted by Crippen LogP contribution is 2.25. The lowest BCUT2D eigenvalue weighted by Crippen LogP contribution is -2.30. The topological polar surface area (TPSA) is 75.1 Å². The number of aryl methyl sites for hydroxylation is 2. The Morgan fingerprint density at radius 3 is 2.74 bits per heavy atom. The van der Waals surface area contributed by atoms with Crippen molar-refractivity contribution in [3.05, 3.63) is 56.0 Å². The molecule has 5 nitrogen and oxygen atoms in total. The molecular weight excluding hydrogens is 251 g/mol. The van der Waals surface area contributed by atoms with Crippen LogP contribution < -0.4 is 11.2 Å². The van der Waals surface area contributed by atoms with E-state index in [0.717, 1.165) is 29.4 Å². The zero-order valence-corrected chi connectivity index (χ0v) is 9.94. The van der Waals surface area contributed by atoms with Crippen molar-refractivity contribution in [2.24, 2.45) is 0 Å². The molecule has 0 spiro atoms. The summed E-state index contributed by atoms with van der Waals surface area (Å²) in [6, 6.07) is 5.22. The van der Waals surface area contributed by atoms with E-state index < -0.39 is 22.9 Å². The van der Waals surface area contributed by atoms with Crippen molar-refractivity contribution in [2.75, 3.05) is 0 Å². The molecule has 98 valence electrons. The summed E-state index contributed by atoms with van der Waals surface area (Å²) in [6.45, 7) is 0. The van der Waals surface area contributed by atoms with Gasteiger partial charge >= 0.3 is 5.69 Å². The van der Waals surface area contributed by atoms with Crippen LogP contribution in [-0.4, -0.2) is 14.7 Å². The smallest absolute Gasteiger partial charge is 0.335 e. The molecule has 0 fully saturated rings. The lowest BCUT2D eigenvalue weighted by molar-refractivity contribution is 0.386. The van der Waals surface area contributed by atoms with Crippen molar-refractivity contribution in [1.29, 1.82) is 0 Å². The van der Waals surface area contributed by atoms with Gasteiger partial charge in [0.05, 0.1) is 5.69 Å². The van der Waals surface area contributed by atoms with Gasteiger partial charge in [-0.3, -0.25) is 9.78 Å². The Morgan fingerprint density at radius 2 is 1.95 bits per heavy atom. The molecule has 1 aromatic heterocycles. The van der Waals surface area contributed by atoms with E-state index in [1.165, 1.54) is 5.56 Å². The molecule has 1 aliphatic rings.